The second-order valence-electron chi connectivity index (χ2n) is 5.26. The topological polar surface area (TPSA) is 56.1 Å². The lowest BCUT2D eigenvalue weighted by Gasteiger charge is -2.09. The number of aryl methyl sites for hydroxylation is 1. The summed E-state index contributed by atoms with van der Waals surface area (Å²) in [6.45, 7) is 1.83. The Morgan fingerprint density at radius 2 is 2.04 bits per heavy atom. The van der Waals surface area contributed by atoms with Crippen molar-refractivity contribution in [3.05, 3.63) is 71.8 Å². The van der Waals surface area contributed by atoms with Crippen LogP contribution in [0.3, 0.4) is 0 Å². The fourth-order valence-corrected chi connectivity index (χ4v) is 2.32. The molecular weight excluding hydrogens is 326 g/mol. The van der Waals surface area contributed by atoms with Crippen molar-refractivity contribution in [2.75, 3.05) is 11.9 Å². The van der Waals surface area contributed by atoms with Crippen molar-refractivity contribution in [3.8, 4) is 11.4 Å². The number of carbonyl (C=O) groups is 1. The van der Waals surface area contributed by atoms with Gasteiger partial charge in [-0.25, -0.2) is 4.98 Å². The predicted molar refractivity (Wildman–Crippen MR) is 93.9 cm³/mol. The average Bonchev–Trinajstić information content (AvgIpc) is 3.11. The highest BCUT2D eigenvalue weighted by Crippen LogP contribution is 2.20. The Balaban J connectivity index is 1.55. The van der Waals surface area contributed by atoms with Gasteiger partial charge in [0.2, 0.25) is 0 Å². The molecular formula is C18H16ClN3O2. The summed E-state index contributed by atoms with van der Waals surface area (Å²) in [7, 11) is 0. The van der Waals surface area contributed by atoms with Gasteiger partial charge >= 0.3 is 0 Å². The number of hydrogen-bond donors (Lipinski definition) is 1. The number of ether oxygens (including phenoxy) is 1. The van der Waals surface area contributed by atoms with Gasteiger partial charge in [0, 0.05) is 28.8 Å². The van der Waals surface area contributed by atoms with Crippen LogP contribution in [-0.2, 0) is 4.79 Å². The van der Waals surface area contributed by atoms with E-state index in [2.05, 4.69) is 10.3 Å². The first kappa shape index (κ1) is 16.1. The Labute approximate surface area is 144 Å². The van der Waals surface area contributed by atoms with Crippen LogP contribution in [0.25, 0.3) is 5.69 Å². The van der Waals surface area contributed by atoms with E-state index in [9.17, 15) is 4.79 Å². The lowest BCUT2D eigenvalue weighted by atomic mass is 10.2. The number of anilines is 1. The number of hydrogen-bond acceptors (Lipinski definition) is 3. The summed E-state index contributed by atoms with van der Waals surface area (Å²) in [5.74, 6) is 0.379. The number of rotatable bonds is 5. The third kappa shape index (κ3) is 3.94. The minimum Gasteiger partial charge on any atom is -0.484 e. The molecule has 5 nitrogen and oxygen atoms in total. The molecule has 0 atom stereocenters. The molecule has 24 heavy (non-hydrogen) atoms. The Bertz CT molecular complexity index is 830. The first-order valence-electron chi connectivity index (χ1n) is 7.39. The van der Waals surface area contributed by atoms with Crippen molar-refractivity contribution in [1.82, 2.24) is 9.55 Å². The van der Waals surface area contributed by atoms with Gasteiger partial charge in [-0.2, -0.15) is 0 Å². The monoisotopic (exact) mass is 341 g/mol. The van der Waals surface area contributed by atoms with Crippen molar-refractivity contribution in [1.29, 1.82) is 0 Å². The zero-order chi connectivity index (χ0) is 16.9. The molecule has 2 aromatic carbocycles. The van der Waals surface area contributed by atoms with E-state index in [1.165, 1.54) is 0 Å². The fourth-order valence-electron chi connectivity index (χ4n) is 2.14. The summed E-state index contributed by atoms with van der Waals surface area (Å²) in [5.41, 5.74) is 2.58. The van der Waals surface area contributed by atoms with E-state index in [0.29, 0.717) is 16.5 Å². The molecule has 6 heteroatoms. The molecule has 0 saturated carbocycles. The number of nitrogens with zero attached hydrogens (tertiary/aromatic N) is 2. The van der Waals surface area contributed by atoms with Gasteiger partial charge in [-0.05, 0) is 48.9 Å². The Kier molecular flexibility index (Phi) is 4.82. The van der Waals surface area contributed by atoms with E-state index in [1.807, 2.05) is 48.0 Å². The van der Waals surface area contributed by atoms with Gasteiger partial charge in [0.1, 0.15) is 5.75 Å². The van der Waals surface area contributed by atoms with E-state index in [0.717, 1.165) is 11.3 Å². The summed E-state index contributed by atoms with van der Waals surface area (Å²) in [5, 5.41) is 3.37. The quantitative estimate of drug-likeness (QED) is 0.766. The van der Waals surface area contributed by atoms with E-state index in [-0.39, 0.29) is 12.5 Å². The van der Waals surface area contributed by atoms with Gasteiger partial charge in [0.05, 0.1) is 6.33 Å². The first-order valence-corrected chi connectivity index (χ1v) is 7.77. The Hall–Kier alpha value is -2.79. The molecule has 1 aromatic heterocycles. The summed E-state index contributed by atoms with van der Waals surface area (Å²) in [6, 6.07) is 12.8. The van der Waals surface area contributed by atoms with E-state index >= 15 is 0 Å². The van der Waals surface area contributed by atoms with Crippen LogP contribution < -0.4 is 10.1 Å². The molecule has 3 rings (SSSR count). The summed E-state index contributed by atoms with van der Waals surface area (Å²) in [6.07, 6.45) is 5.29. The molecule has 0 fully saturated rings. The molecule has 0 aliphatic rings. The summed E-state index contributed by atoms with van der Waals surface area (Å²) >= 11 is 6.04. The minimum absolute atomic E-state index is 0.0735. The zero-order valence-electron chi connectivity index (χ0n) is 13.1. The normalized spacial score (nSPS) is 10.4. The molecule has 3 aromatic rings. The van der Waals surface area contributed by atoms with E-state index < -0.39 is 0 Å². The van der Waals surface area contributed by atoms with Crippen LogP contribution in [0.15, 0.2) is 61.2 Å². The maximum Gasteiger partial charge on any atom is 0.262 e. The summed E-state index contributed by atoms with van der Waals surface area (Å²) in [4.78, 5) is 15.9. The van der Waals surface area contributed by atoms with Crippen LogP contribution in [0, 0.1) is 6.92 Å². The molecule has 0 saturated heterocycles. The molecule has 122 valence electrons. The lowest BCUT2D eigenvalue weighted by molar-refractivity contribution is -0.118. The second kappa shape index (κ2) is 7.19. The van der Waals surface area contributed by atoms with Crippen LogP contribution in [0.2, 0.25) is 5.02 Å². The second-order valence-corrected chi connectivity index (χ2v) is 5.67. The fraction of sp³-hybridized carbons (Fsp3) is 0.111. The number of nitrogens with one attached hydrogen (secondary N) is 1. The number of carbonyl (C=O) groups excluding carboxylic acids is 1. The standard InChI is InChI=1S/C18H16ClN3O2/c1-13-2-3-14(10-17(13)19)21-18(23)11-24-16-6-4-15(5-7-16)22-9-8-20-12-22/h2-10,12H,11H2,1H3,(H,21,23). The van der Waals surface area contributed by atoms with Crippen molar-refractivity contribution in [3.63, 3.8) is 0 Å². The third-order valence-electron chi connectivity index (χ3n) is 3.46. The van der Waals surface area contributed by atoms with Gasteiger partial charge in [0.15, 0.2) is 6.61 Å². The minimum atomic E-state index is -0.242. The highest BCUT2D eigenvalue weighted by molar-refractivity contribution is 6.31. The maximum atomic E-state index is 11.9. The molecule has 0 radical (unpaired) electrons. The lowest BCUT2D eigenvalue weighted by Crippen LogP contribution is -2.20. The maximum absolute atomic E-state index is 11.9. The smallest absolute Gasteiger partial charge is 0.262 e. The van der Waals surface area contributed by atoms with Crippen LogP contribution in [0.1, 0.15) is 5.56 Å². The number of imidazole rings is 1. The molecule has 0 aliphatic heterocycles. The Morgan fingerprint density at radius 1 is 1.25 bits per heavy atom. The number of aromatic nitrogens is 2. The van der Waals surface area contributed by atoms with Crippen molar-refractivity contribution in [2.45, 2.75) is 6.92 Å². The van der Waals surface area contributed by atoms with Gasteiger partial charge in [0.25, 0.3) is 5.91 Å². The highest BCUT2D eigenvalue weighted by atomic mass is 35.5. The molecule has 1 heterocycles. The molecule has 1 N–H and O–H groups in total. The van der Waals surface area contributed by atoms with Crippen molar-refractivity contribution >= 4 is 23.2 Å². The van der Waals surface area contributed by atoms with Crippen molar-refractivity contribution in [2.24, 2.45) is 0 Å². The highest BCUT2D eigenvalue weighted by Gasteiger charge is 2.05. The van der Waals surface area contributed by atoms with Crippen molar-refractivity contribution < 1.29 is 9.53 Å². The van der Waals surface area contributed by atoms with Crippen LogP contribution in [0.5, 0.6) is 5.75 Å². The van der Waals surface area contributed by atoms with Gasteiger partial charge in [-0.3, -0.25) is 4.79 Å². The zero-order valence-corrected chi connectivity index (χ0v) is 13.8. The summed E-state index contributed by atoms with van der Waals surface area (Å²) < 4.78 is 7.38. The molecule has 1 amide bonds. The van der Waals surface area contributed by atoms with Crippen LogP contribution >= 0.6 is 11.6 Å². The number of halogens is 1. The van der Waals surface area contributed by atoms with Gasteiger partial charge in [-0.15, -0.1) is 0 Å². The molecule has 0 spiro atoms. The van der Waals surface area contributed by atoms with Crippen LogP contribution in [-0.4, -0.2) is 22.1 Å². The average molecular weight is 342 g/mol. The van der Waals surface area contributed by atoms with Crippen LogP contribution in [0.4, 0.5) is 5.69 Å². The largest absolute Gasteiger partial charge is 0.484 e. The molecule has 0 aliphatic carbocycles. The van der Waals surface area contributed by atoms with Gasteiger partial charge in [-0.1, -0.05) is 17.7 Å². The molecule has 0 unspecified atom stereocenters. The molecule has 0 bridgehead atoms. The third-order valence-corrected chi connectivity index (χ3v) is 3.87. The predicted octanol–water partition coefficient (Wildman–Crippen LogP) is 3.85. The SMILES string of the molecule is Cc1ccc(NC(=O)COc2ccc(-n3ccnc3)cc2)cc1Cl. The number of amides is 1. The van der Waals surface area contributed by atoms with E-state index in [1.54, 1.807) is 24.7 Å². The van der Waals surface area contributed by atoms with Gasteiger partial charge < -0.3 is 14.6 Å². The first-order chi connectivity index (χ1) is 11.6. The van der Waals surface area contributed by atoms with E-state index in [4.69, 9.17) is 16.3 Å². The number of benzene rings is 2. The Morgan fingerprint density at radius 3 is 2.71 bits per heavy atom.